The highest BCUT2D eigenvalue weighted by Crippen LogP contribution is 2.21. The largest absolute Gasteiger partial charge is 0.496 e. The highest BCUT2D eigenvalue weighted by atomic mass is 32.1. The maximum atomic E-state index is 11.0. The number of primary amides is 1. The lowest BCUT2D eigenvalue weighted by Gasteiger charge is -2.20. The summed E-state index contributed by atoms with van der Waals surface area (Å²) in [6.07, 6.45) is 0. The molecular formula is C13H19N3O2S. The van der Waals surface area contributed by atoms with Crippen molar-refractivity contribution < 1.29 is 9.53 Å². The summed E-state index contributed by atoms with van der Waals surface area (Å²) in [6, 6.07) is 5.52. The van der Waals surface area contributed by atoms with Crippen LogP contribution in [0.3, 0.4) is 0 Å². The Morgan fingerprint density at radius 1 is 1.42 bits per heavy atom. The van der Waals surface area contributed by atoms with Crippen molar-refractivity contribution in [1.82, 2.24) is 4.90 Å². The molecule has 19 heavy (non-hydrogen) atoms. The molecule has 0 aliphatic rings. The number of hydrogen-bond acceptors (Lipinski definition) is 4. The van der Waals surface area contributed by atoms with Gasteiger partial charge in [-0.25, -0.2) is 0 Å². The van der Waals surface area contributed by atoms with Crippen molar-refractivity contribution in [3.8, 4) is 5.75 Å². The van der Waals surface area contributed by atoms with Gasteiger partial charge in [0.2, 0.25) is 5.91 Å². The van der Waals surface area contributed by atoms with Crippen molar-refractivity contribution in [2.75, 3.05) is 20.2 Å². The Hall–Kier alpha value is -1.66. The zero-order valence-electron chi connectivity index (χ0n) is 11.2. The first kappa shape index (κ1) is 15.4. The number of nitrogens with two attached hydrogens (primary N) is 2. The normalized spacial score (nSPS) is 10.5. The Morgan fingerprint density at radius 2 is 2.11 bits per heavy atom. The van der Waals surface area contributed by atoms with Crippen LogP contribution in [0.25, 0.3) is 0 Å². The average molecular weight is 281 g/mol. The molecule has 1 amide bonds. The fraction of sp³-hybridized carbons (Fsp3) is 0.385. The van der Waals surface area contributed by atoms with E-state index in [1.165, 1.54) is 0 Å². The van der Waals surface area contributed by atoms with Crippen LogP contribution >= 0.6 is 12.2 Å². The van der Waals surface area contributed by atoms with E-state index in [-0.39, 0.29) is 12.5 Å². The molecule has 5 nitrogen and oxygen atoms in total. The first-order valence-corrected chi connectivity index (χ1v) is 6.36. The zero-order chi connectivity index (χ0) is 14.4. The Balaban J connectivity index is 2.98. The van der Waals surface area contributed by atoms with E-state index in [1.54, 1.807) is 7.11 Å². The van der Waals surface area contributed by atoms with E-state index in [1.807, 2.05) is 30.0 Å². The van der Waals surface area contributed by atoms with Crippen molar-refractivity contribution in [2.24, 2.45) is 11.5 Å². The number of thiocarbonyl (C=S) groups is 1. The molecule has 0 atom stereocenters. The number of benzene rings is 1. The number of carbonyl (C=O) groups is 1. The summed E-state index contributed by atoms with van der Waals surface area (Å²) in [5.41, 5.74) is 12.5. The molecule has 0 aromatic heterocycles. The Morgan fingerprint density at radius 3 is 2.58 bits per heavy atom. The maximum Gasteiger partial charge on any atom is 0.231 e. The second-order valence-electron chi connectivity index (χ2n) is 4.16. The number of methoxy groups -OCH3 is 1. The molecule has 0 saturated carbocycles. The van der Waals surface area contributed by atoms with Gasteiger partial charge in [-0.15, -0.1) is 0 Å². The van der Waals surface area contributed by atoms with Crippen molar-refractivity contribution in [2.45, 2.75) is 13.5 Å². The van der Waals surface area contributed by atoms with Gasteiger partial charge in [0, 0.05) is 17.7 Å². The molecule has 1 aromatic carbocycles. The second kappa shape index (κ2) is 7.06. The van der Waals surface area contributed by atoms with Gasteiger partial charge in [0.1, 0.15) is 10.7 Å². The highest BCUT2D eigenvalue weighted by Gasteiger charge is 2.12. The number of ether oxygens (including phenoxy) is 1. The first-order valence-electron chi connectivity index (χ1n) is 5.95. The smallest absolute Gasteiger partial charge is 0.231 e. The van der Waals surface area contributed by atoms with Crippen LogP contribution in [0.4, 0.5) is 0 Å². The van der Waals surface area contributed by atoms with E-state index in [9.17, 15) is 4.79 Å². The van der Waals surface area contributed by atoms with Gasteiger partial charge in [0.05, 0.1) is 13.7 Å². The van der Waals surface area contributed by atoms with E-state index in [2.05, 4.69) is 0 Å². The minimum atomic E-state index is -0.355. The topological polar surface area (TPSA) is 81.6 Å². The van der Waals surface area contributed by atoms with Crippen LogP contribution in [0.1, 0.15) is 18.1 Å². The average Bonchev–Trinajstić information content (AvgIpc) is 2.37. The van der Waals surface area contributed by atoms with E-state index in [0.29, 0.717) is 18.1 Å². The lowest BCUT2D eigenvalue weighted by Crippen LogP contribution is -2.33. The van der Waals surface area contributed by atoms with E-state index < -0.39 is 0 Å². The quantitative estimate of drug-likeness (QED) is 0.717. The summed E-state index contributed by atoms with van der Waals surface area (Å²) in [6.45, 7) is 3.44. The zero-order valence-corrected chi connectivity index (χ0v) is 12.0. The molecule has 0 aliphatic heterocycles. The molecule has 0 radical (unpaired) electrons. The summed E-state index contributed by atoms with van der Waals surface area (Å²) in [5, 5.41) is 0. The van der Waals surface area contributed by atoms with Crippen LogP contribution in [0.2, 0.25) is 0 Å². The van der Waals surface area contributed by atoms with Crippen molar-refractivity contribution in [1.29, 1.82) is 0 Å². The minimum absolute atomic E-state index is 0.205. The number of rotatable bonds is 7. The summed E-state index contributed by atoms with van der Waals surface area (Å²) in [4.78, 5) is 13.3. The molecule has 0 heterocycles. The molecule has 0 fully saturated rings. The Kier molecular flexibility index (Phi) is 5.72. The van der Waals surface area contributed by atoms with Gasteiger partial charge in [-0.3, -0.25) is 9.69 Å². The van der Waals surface area contributed by atoms with Crippen LogP contribution in [-0.4, -0.2) is 36.0 Å². The molecule has 0 unspecified atom stereocenters. The summed E-state index contributed by atoms with van der Waals surface area (Å²) in [7, 11) is 1.60. The molecule has 1 rings (SSSR count). The lowest BCUT2D eigenvalue weighted by molar-refractivity contribution is -0.119. The third-order valence-corrected chi connectivity index (χ3v) is 3.02. The molecule has 0 aliphatic carbocycles. The van der Waals surface area contributed by atoms with Crippen molar-refractivity contribution in [3.05, 3.63) is 29.3 Å². The third kappa shape index (κ3) is 4.50. The maximum absolute atomic E-state index is 11.0. The number of amides is 1. The minimum Gasteiger partial charge on any atom is -0.496 e. The number of carbonyl (C=O) groups excluding carboxylic acids is 1. The lowest BCUT2D eigenvalue weighted by atomic mass is 10.1. The highest BCUT2D eigenvalue weighted by molar-refractivity contribution is 7.80. The van der Waals surface area contributed by atoms with E-state index >= 15 is 0 Å². The fourth-order valence-corrected chi connectivity index (χ4v) is 1.92. The molecule has 1 aromatic rings. The van der Waals surface area contributed by atoms with Crippen LogP contribution in [0.15, 0.2) is 18.2 Å². The Bertz CT molecular complexity index is 477. The summed E-state index contributed by atoms with van der Waals surface area (Å²) in [5.74, 6) is 0.384. The van der Waals surface area contributed by atoms with Gasteiger partial charge in [0.25, 0.3) is 0 Å². The molecule has 6 heteroatoms. The predicted molar refractivity (Wildman–Crippen MR) is 79.0 cm³/mol. The Labute approximate surface area is 118 Å². The van der Waals surface area contributed by atoms with Crippen LogP contribution < -0.4 is 16.2 Å². The third-order valence-electron chi connectivity index (χ3n) is 2.79. The molecule has 0 bridgehead atoms. The van der Waals surface area contributed by atoms with Crippen LogP contribution in [0.5, 0.6) is 5.75 Å². The summed E-state index contributed by atoms with van der Waals surface area (Å²) >= 11 is 4.96. The molecule has 0 spiro atoms. The summed E-state index contributed by atoms with van der Waals surface area (Å²) < 4.78 is 5.30. The molecule has 104 valence electrons. The molecule has 0 saturated heterocycles. The van der Waals surface area contributed by atoms with Gasteiger partial charge in [0.15, 0.2) is 0 Å². The first-order chi connectivity index (χ1) is 8.97. The number of nitrogens with zero attached hydrogens (tertiary/aromatic N) is 1. The van der Waals surface area contributed by atoms with Gasteiger partial charge >= 0.3 is 0 Å². The van der Waals surface area contributed by atoms with Crippen LogP contribution in [0, 0.1) is 0 Å². The number of hydrogen-bond donors (Lipinski definition) is 2. The number of likely N-dealkylation sites (N-methyl/N-ethyl adjacent to an activating group) is 1. The van der Waals surface area contributed by atoms with Gasteiger partial charge in [-0.1, -0.05) is 19.1 Å². The van der Waals surface area contributed by atoms with Crippen LogP contribution in [-0.2, 0) is 11.3 Å². The van der Waals surface area contributed by atoms with E-state index in [4.69, 9.17) is 28.4 Å². The fourth-order valence-electron chi connectivity index (χ4n) is 1.80. The monoisotopic (exact) mass is 281 g/mol. The van der Waals surface area contributed by atoms with E-state index in [0.717, 1.165) is 16.9 Å². The molecule has 4 N–H and O–H groups in total. The van der Waals surface area contributed by atoms with Gasteiger partial charge < -0.3 is 16.2 Å². The van der Waals surface area contributed by atoms with Gasteiger partial charge in [-0.05, 0) is 24.7 Å². The molecular weight excluding hydrogens is 262 g/mol. The second-order valence-corrected chi connectivity index (χ2v) is 4.60. The predicted octanol–water partition coefficient (Wildman–Crippen LogP) is 0.637. The van der Waals surface area contributed by atoms with Gasteiger partial charge in [-0.2, -0.15) is 0 Å². The standard InChI is InChI=1S/C13H19N3O2S/c1-3-16(8-12(14)17)7-10-6-9(13(15)19)4-5-11(10)18-2/h4-6H,3,7-8H2,1-2H3,(H2,14,17)(H2,15,19). The van der Waals surface area contributed by atoms with Crippen molar-refractivity contribution in [3.63, 3.8) is 0 Å². The SMILES string of the molecule is CCN(CC(N)=O)Cc1cc(C(N)=S)ccc1OC. The van der Waals surface area contributed by atoms with Crippen molar-refractivity contribution >= 4 is 23.1 Å².